The molecule has 1 aliphatic rings. The van der Waals surface area contributed by atoms with E-state index in [1.807, 2.05) is 13.8 Å². The molecule has 0 bridgehead atoms. The van der Waals surface area contributed by atoms with Gasteiger partial charge in [-0.2, -0.15) is 0 Å². The molecule has 6 nitrogen and oxygen atoms in total. The fourth-order valence-electron chi connectivity index (χ4n) is 4.62. The van der Waals surface area contributed by atoms with E-state index in [0.717, 1.165) is 18.5 Å². The van der Waals surface area contributed by atoms with Crippen LogP contribution in [0.25, 0.3) is 0 Å². The number of Topliss-reactive ketones (excluding diaryl/α,β-unsaturated/α-hetero) is 1. The predicted molar refractivity (Wildman–Crippen MR) is 113 cm³/mol. The first-order valence-corrected chi connectivity index (χ1v) is 10.8. The summed E-state index contributed by atoms with van der Waals surface area (Å²) < 4.78 is 6.58. The number of amides is 1. The lowest BCUT2D eigenvalue weighted by Crippen LogP contribution is -2.44. The number of carbonyl (C=O) groups is 3. The van der Waals surface area contributed by atoms with E-state index in [1.54, 1.807) is 30.4 Å². The predicted octanol–water partition coefficient (Wildman–Crippen LogP) is 4.21. The zero-order chi connectivity index (χ0) is 21.7. The summed E-state index contributed by atoms with van der Waals surface area (Å²) in [5.74, 6) is 0.125. The number of rotatable bonds is 9. The van der Waals surface area contributed by atoms with Crippen molar-refractivity contribution in [3.63, 3.8) is 0 Å². The fraction of sp³-hybridized carbons (Fsp3) is 0.696. The van der Waals surface area contributed by atoms with Crippen LogP contribution < -0.4 is 0 Å². The highest BCUT2D eigenvalue weighted by atomic mass is 16.5. The highest BCUT2D eigenvalue weighted by Crippen LogP contribution is 2.29. The third-order valence-electron chi connectivity index (χ3n) is 6.43. The van der Waals surface area contributed by atoms with Crippen LogP contribution in [0, 0.1) is 19.8 Å². The van der Waals surface area contributed by atoms with E-state index in [4.69, 9.17) is 4.74 Å². The minimum absolute atomic E-state index is 0.0547. The Bertz CT molecular complexity index is 759. The lowest BCUT2D eigenvalue weighted by Gasteiger charge is -2.29. The quantitative estimate of drug-likeness (QED) is 0.457. The van der Waals surface area contributed by atoms with E-state index < -0.39 is 12.0 Å². The molecule has 0 aliphatic heterocycles. The van der Waals surface area contributed by atoms with Gasteiger partial charge in [-0.25, -0.2) is 4.79 Å². The summed E-state index contributed by atoms with van der Waals surface area (Å²) in [6.45, 7) is 7.97. The molecule has 1 atom stereocenters. The van der Waals surface area contributed by atoms with Crippen LogP contribution in [0.4, 0.5) is 0 Å². The Morgan fingerprint density at radius 1 is 1.21 bits per heavy atom. The van der Waals surface area contributed by atoms with Gasteiger partial charge in [0.25, 0.3) is 0 Å². The van der Waals surface area contributed by atoms with Gasteiger partial charge in [-0.3, -0.25) is 9.59 Å². The number of ether oxygens (including phenoxy) is 1. The molecule has 1 heterocycles. The average Bonchev–Trinajstić information content (AvgIpc) is 3.29. The number of hydrogen-bond acceptors (Lipinski definition) is 4. The number of aromatic nitrogens is 1. The largest absolute Gasteiger partial charge is 0.464 e. The van der Waals surface area contributed by atoms with Crippen molar-refractivity contribution in [2.24, 2.45) is 13.0 Å². The summed E-state index contributed by atoms with van der Waals surface area (Å²) in [5.41, 5.74) is 2.23. The first-order valence-electron chi connectivity index (χ1n) is 10.8. The molecule has 1 amide bonds. The second-order valence-corrected chi connectivity index (χ2v) is 8.30. The number of ketones is 1. The molecule has 29 heavy (non-hydrogen) atoms. The summed E-state index contributed by atoms with van der Waals surface area (Å²) >= 11 is 0. The van der Waals surface area contributed by atoms with Gasteiger partial charge >= 0.3 is 5.97 Å². The van der Waals surface area contributed by atoms with Gasteiger partial charge < -0.3 is 14.2 Å². The number of methoxy groups -OCH3 is 1. The smallest absolute Gasteiger partial charge is 0.354 e. The van der Waals surface area contributed by atoms with E-state index in [9.17, 15) is 14.4 Å². The Hall–Kier alpha value is -2.11. The molecule has 1 fully saturated rings. The van der Waals surface area contributed by atoms with Gasteiger partial charge in [0.2, 0.25) is 5.91 Å². The highest BCUT2D eigenvalue weighted by molar-refractivity contribution is 6.06. The minimum Gasteiger partial charge on any atom is -0.464 e. The molecule has 0 spiro atoms. The maximum atomic E-state index is 13.4. The van der Waals surface area contributed by atoms with Crippen LogP contribution in [0.2, 0.25) is 0 Å². The zero-order valence-corrected chi connectivity index (χ0v) is 18.8. The van der Waals surface area contributed by atoms with Crippen molar-refractivity contribution in [3.8, 4) is 0 Å². The van der Waals surface area contributed by atoms with Crippen LogP contribution >= 0.6 is 0 Å². The van der Waals surface area contributed by atoms with Crippen molar-refractivity contribution >= 4 is 17.7 Å². The van der Waals surface area contributed by atoms with Crippen LogP contribution in [-0.2, 0) is 16.6 Å². The second-order valence-electron chi connectivity index (χ2n) is 8.30. The summed E-state index contributed by atoms with van der Waals surface area (Å²) in [6, 6.07) is -0.559. The third-order valence-corrected chi connectivity index (χ3v) is 6.43. The minimum atomic E-state index is -0.559. The lowest BCUT2D eigenvalue weighted by atomic mass is 9.98. The van der Waals surface area contributed by atoms with Gasteiger partial charge in [0, 0.05) is 31.3 Å². The van der Waals surface area contributed by atoms with Crippen molar-refractivity contribution in [1.82, 2.24) is 9.47 Å². The van der Waals surface area contributed by atoms with E-state index in [1.165, 1.54) is 32.8 Å². The van der Waals surface area contributed by atoms with E-state index >= 15 is 0 Å². The summed E-state index contributed by atoms with van der Waals surface area (Å²) in [4.78, 5) is 40.2. The fourth-order valence-corrected chi connectivity index (χ4v) is 4.62. The molecule has 1 aliphatic carbocycles. The van der Waals surface area contributed by atoms with Gasteiger partial charge in [0.05, 0.1) is 13.2 Å². The van der Waals surface area contributed by atoms with Crippen LogP contribution in [0.1, 0.15) is 90.9 Å². The number of carbonyl (C=O) groups excluding carboxylic acids is 3. The topological polar surface area (TPSA) is 68.6 Å². The highest BCUT2D eigenvalue weighted by Gasteiger charge is 2.32. The van der Waals surface area contributed by atoms with E-state index in [-0.39, 0.29) is 11.7 Å². The summed E-state index contributed by atoms with van der Waals surface area (Å²) in [6.07, 6.45) is 7.18. The Labute approximate surface area is 174 Å². The maximum absolute atomic E-state index is 13.4. The van der Waals surface area contributed by atoms with E-state index in [2.05, 4.69) is 0 Å². The summed E-state index contributed by atoms with van der Waals surface area (Å²) in [7, 11) is 3.09. The molecule has 0 aromatic carbocycles. The average molecular weight is 405 g/mol. The van der Waals surface area contributed by atoms with Crippen LogP contribution in [-0.4, -0.2) is 46.8 Å². The van der Waals surface area contributed by atoms with Gasteiger partial charge in [0.15, 0.2) is 5.78 Å². The Morgan fingerprint density at radius 3 is 2.38 bits per heavy atom. The molecule has 1 aromatic heterocycles. The lowest BCUT2D eigenvalue weighted by molar-refractivity contribution is -0.132. The number of hydrogen-bond donors (Lipinski definition) is 0. The molecule has 0 N–H and O–H groups in total. The van der Waals surface area contributed by atoms with Gasteiger partial charge in [-0.15, -0.1) is 0 Å². The molecule has 2 rings (SSSR count). The monoisotopic (exact) mass is 404 g/mol. The van der Waals surface area contributed by atoms with Gasteiger partial charge in [-0.05, 0) is 45.1 Å². The van der Waals surface area contributed by atoms with Crippen molar-refractivity contribution in [1.29, 1.82) is 0 Å². The summed E-state index contributed by atoms with van der Waals surface area (Å²) in [5, 5.41) is 0. The molecule has 6 heteroatoms. The molecule has 0 saturated heterocycles. The molecule has 162 valence electrons. The second kappa shape index (κ2) is 10.1. The first kappa shape index (κ1) is 23.2. The van der Waals surface area contributed by atoms with Crippen molar-refractivity contribution in [3.05, 3.63) is 22.5 Å². The van der Waals surface area contributed by atoms with Crippen molar-refractivity contribution in [2.75, 3.05) is 13.7 Å². The molecule has 0 unspecified atom stereocenters. The number of esters is 1. The van der Waals surface area contributed by atoms with Crippen molar-refractivity contribution < 1.29 is 19.1 Å². The Morgan fingerprint density at radius 2 is 1.83 bits per heavy atom. The molecular formula is C23H36N2O4. The SMILES string of the molecule is CCCN(C(=O)CCC1CCCC1)[C@@H](C)C(=O)c1c(C)c(C(=O)OC)n(C)c1C. The Balaban J connectivity index is 2.22. The van der Waals surface area contributed by atoms with E-state index in [0.29, 0.717) is 35.7 Å². The van der Waals surface area contributed by atoms with Crippen LogP contribution in [0.3, 0.4) is 0 Å². The maximum Gasteiger partial charge on any atom is 0.354 e. The Kier molecular flexibility index (Phi) is 8.05. The van der Waals surface area contributed by atoms with Crippen LogP contribution in [0.5, 0.6) is 0 Å². The molecular weight excluding hydrogens is 368 g/mol. The van der Waals surface area contributed by atoms with Gasteiger partial charge in [-0.1, -0.05) is 32.6 Å². The molecule has 1 aromatic rings. The van der Waals surface area contributed by atoms with Crippen LogP contribution in [0.15, 0.2) is 0 Å². The zero-order valence-electron chi connectivity index (χ0n) is 18.8. The third kappa shape index (κ3) is 4.90. The van der Waals surface area contributed by atoms with Crippen molar-refractivity contribution in [2.45, 2.75) is 78.7 Å². The molecule has 0 radical (unpaired) electrons. The standard InChI is InChI=1S/C23H36N2O4/c1-7-14-25(19(26)13-12-18-10-8-9-11-18)17(4)22(27)20-15(2)21(23(28)29-6)24(5)16(20)3/h17-18H,7-14H2,1-6H3/t17-/m0/s1. The normalized spacial score (nSPS) is 15.4. The van der Waals surface area contributed by atoms with Gasteiger partial charge in [0.1, 0.15) is 5.69 Å². The number of nitrogens with zero attached hydrogens (tertiary/aromatic N) is 2. The molecule has 1 saturated carbocycles. The first-order chi connectivity index (χ1) is 13.7.